The second-order valence-electron chi connectivity index (χ2n) is 4.85. The van der Waals surface area contributed by atoms with Gasteiger partial charge in [0.15, 0.2) is 5.78 Å². The van der Waals surface area contributed by atoms with Gasteiger partial charge in [-0.2, -0.15) is 11.8 Å². The fourth-order valence-electron chi connectivity index (χ4n) is 2.16. The zero-order chi connectivity index (χ0) is 12.8. The largest absolute Gasteiger partial charge is 0.302 e. The van der Waals surface area contributed by atoms with Crippen molar-refractivity contribution in [2.45, 2.75) is 19.8 Å². The van der Waals surface area contributed by atoms with Crippen molar-refractivity contribution in [1.82, 2.24) is 4.90 Å². The number of hydrogen-bond acceptors (Lipinski definition) is 3. The van der Waals surface area contributed by atoms with Gasteiger partial charge in [-0.05, 0) is 25.6 Å². The van der Waals surface area contributed by atoms with Gasteiger partial charge >= 0.3 is 0 Å². The number of carbonyl (C=O) groups excluding carboxylic acids is 1. The minimum Gasteiger partial charge on any atom is -0.302 e. The van der Waals surface area contributed by atoms with E-state index in [1.54, 1.807) is 0 Å². The normalized spacial score (nSPS) is 17.4. The molecule has 1 heterocycles. The molecule has 98 valence electrons. The van der Waals surface area contributed by atoms with Gasteiger partial charge in [-0.3, -0.25) is 4.79 Å². The third-order valence-electron chi connectivity index (χ3n) is 3.34. The van der Waals surface area contributed by atoms with Gasteiger partial charge in [0.1, 0.15) is 0 Å². The molecule has 1 aliphatic rings. The van der Waals surface area contributed by atoms with Gasteiger partial charge < -0.3 is 4.90 Å². The van der Waals surface area contributed by atoms with E-state index in [2.05, 4.69) is 4.90 Å². The molecule has 1 fully saturated rings. The van der Waals surface area contributed by atoms with Crippen LogP contribution < -0.4 is 0 Å². The molecule has 1 aromatic carbocycles. The van der Waals surface area contributed by atoms with Gasteiger partial charge in [0.2, 0.25) is 0 Å². The monoisotopic (exact) mass is 263 g/mol. The van der Waals surface area contributed by atoms with Crippen LogP contribution in [0.2, 0.25) is 0 Å². The van der Waals surface area contributed by atoms with Gasteiger partial charge in [0.05, 0.1) is 0 Å². The summed E-state index contributed by atoms with van der Waals surface area (Å²) in [6.07, 6.45) is 1.90. The molecule has 0 aromatic heterocycles. The number of carbonyl (C=O) groups is 1. The summed E-state index contributed by atoms with van der Waals surface area (Å²) in [4.78, 5) is 14.5. The fraction of sp³-hybridized carbons (Fsp3) is 0.533. The molecule has 0 aliphatic carbocycles. The summed E-state index contributed by atoms with van der Waals surface area (Å²) in [7, 11) is 0. The molecular weight excluding hydrogens is 242 g/mol. The van der Waals surface area contributed by atoms with Crippen molar-refractivity contribution in [2.24, 2.45) is 0 Å². The van der Waals surface area contributed by atoms with Crippen molar-refractivity contribution in [1.29, 1.82) is 0 Å². The van der Waals surface area contributed by atoms with Crippen LogP contribution in [-0.2, 0) is 0 Å². The number of ketones is 1. The number of thioether (sulfide) groups is 1. The number of Topliss-reactive ketones (excluding diaryl/α,β-unsaturated/α-hetero) is 1. The average Bonchev–Trinajstić information content (AvgIpc) is 2.65. The quantitative estimate of drug-likeness (QED) is 0.779. The lowest BCUT2D eigenvalue weighted by Crippen LogP contribution is -2.28. The smallest absolute Gasteiger partial charge is 0.164 e. The molecule has 1 aromatic rings. The van der Waals surface area contributed by atoms with Crippen molar-refractivity contribution in [2.75, 3.05) is 31.1 Å². The van der Waals surface area contributed by atoms with E-state index < -0.39 is 0 Å². The predicted octanol–water partition coefficient (Wildman–Crippen LogP) is 3.01. The van der Waals surface area contributed by atoms with Crippen molar-refractivity contribution < 1.29 is 4.79 Å². The zero-order valence-corrected chi connectivity index (χ0v) is 11.8. The van der Waals surface area contributed by atoms with Crippen molar-refractivity contribution in [3.63, 3.8) is 0 Å². The lowest BCUT2D eigenvalue weighted by Gasteiger charge is -2.18. The first-order chi connectivity index (χ1) is 8.75. The molecular formula is C15H21NOS. The maximum atomic E-state index is 12.1. The first-order valence-electron chi connectivity index (χ1n) is 6.66. The van der Waals surface area contributed by atoms with Crippen LogP contribution in [0.25, 0.3) is 0 Å². The van der Waals surface area contributed by atoms with E-state index >= 15 is 0 Å². The summed E-state index contributed by atoms with van der Waals surface area (Å²) < 4.78 is 0. The minimum absolute atomic E-state index is 0.270. The van der Waals surface area contributed by atoms with Crippen LogP contribution in [0.5, 0.6) is 0 Å². The highest BCUT2D eigenvalue weighted by atomic mass is 32.2. The highest BCUT2D eigenvalue weighted by molar-refractivity contribution is 7.99. The maximum Gasteiger partial charge on any atom is 0.164 e. The average molecular weight is 263 g/mol. The summed E-state index contributed by atoms with van der Waals surface area (Å²) in [6, 6.07) is 7.90. The van der Waals surface area contributed by atoms with E-state index in [-0.39, 0.29) is 5.78 Å². The first kappa shape index (κ1) is 13.6. The van der Waals surface area contributed by atoms with E-state index in [1.165, 1.54) is 23.5 Å². The SMILES string of the molecule is Cc1ccc(C(=O)CCN2CCCSCC2)cc1. The molecule has 0 amide bonds. The molecule has 0 atom stereocenters. The van der Waals surface area contributed by atoms with Crippen molar-refractivity contribution in [3.05, 3.63) is 35.4 Å². The molecule has 2 rings (SSSR count). The highest BCUT2D eigenvalue weighted by Gasteiger charge is 2.11. The van der Waals surface area contributed by atoms with E-state index in [0.717, 1.165) is 25.2 Å². The van der Waals surface area contributed by atoms with Gasteiger partial charge in [0.25, 0.3) is 0 Å². The molecule has 0 unspecified atom stereocenters. The van der Waals surface area contributed by atoms with Crippen LogP contribution in [0.4, 0.5) is 0 Å². The van der Waals surface area contributed by atoms with E-state index in [1.807, 2.05) is 43.0 Å². The molecule has 0 N–H and O–H groups in total. The zero-order valence-electron chi connectivity index (χ0n) is 11.0. The topological polar surface area (TPSA) is 20.3 Å². The Kier molecular flexibility index (Phi) is 5.26. The Hall–Kier alpha value is -0.800. The standard InChI is InChI=1S/C15H21NOS/c1-13-3-5-14(6-4-13)15(17)7-9-16-8-2-11-18-12-10-16/h3-6H,2,7-12H2,1H3. The summed E-state index contributed by atoms with van der Waals surface area (Å²) in [5.74, 6) is 2.74. The number of benzene rings is 1. The number of rotatable bonds is 4. The second kappa shape index (κ2) is 6.95. The molecule has 3 heteroatoms. The van der Waals surface area contributed by atoms with Gasteiger partial charge in [0, 0.05) is 30.8 Å². The summed E-state index contributed by atoms with van der Waals surface area (Å²) >= 11 is 2.03. The molecule has 0 radical (unpaired) electrons. The molecule has 1 aliphatic heterocycles. The van der Waals surface area contributed by atoms with Crippen LogP contribution in [-0.4, -0.2) is 41.8 Å². The van der Waals surface area contributed by atoms with Crippen molar-refractivity contribution in [3.8, 4) is 0 Å². The minimum atomic E-state index is 0.270. The maximum absolute atomic E-state index is 12.1. The van der Waals surface area contributed by atoms with Crippen LogP contribution in [0.15, 0.2) is 24.3 Å². The summed E-state index contributed by atoms with van der Waals surface area (Å²) in [5, 5.41) is 0. The lowest BCUT2D eigenvalue weighted by atomic mass is 10.1. The van der Waals surface area contributed by atoms with Crippen molar-refractivity contribution >= 4 is 17.5 Å². The summed E-state index contributed by atoms with van der Waals surface area (Å²) in [6.45, 7) is 5.23. The Morgan fingerprint density at radius 3 is 2.78 bits per heavy atom. The third-order valence-corrected chi connectivity index (χ3v) is 4.39. The highest BCUT2D eigenvalue weighted by Crippen LogP contribution is 2.11. The van der Waals surface area contributed by atoms with E-state index in [9.17, 15) is 4.79 Å². The second-order valence-corrected chi connectivity index (χ2v) is 6.07. The van der Waals surface area contributed by atoms with Gasteiger partial charge in [-0.1, -0.05) is 29.8 Å². The van der Waals surface area contributed by atoms with E-state index in [4.69, 9.17) is 0 Å². The molecule has 1 saturated heterocycles. The predicted molar refractivity (Wildman–Crippen MR) is 78.5 cm³/mol. The Morgan fingerprint density at radius 2 is 2.00 bits per heavy atom. The molecule has 0 bridgehead atoms. The Labute approximate surface area is 114 Å². The first-order valence-corrected chi connectivity index (χ1v) is 7.81. The lowest BCUT2D eigenvalue weighted by molar-refractivity contribution is 0.0966. The molecule has 18 heavy (non-hydrogen) atoms. The molecule has 2 nitrogen and oxygen atoms in total. The summed E-state index contributed by atoms with van der Waals surface area (Å²) in [5.41, 5.74) is 2.06. The number of hydrogen-bond donors (Lipinski definition) is 0. The Bertz CT molecular complexity index is 380. The number of nitrogens with zero attached hydrogens (tertiary/aromatic N) is 1. The van der Waals surface area contributed by atoms with Crippen LogP contribution in [0, 0.1) is 6.92 Å². The third kappa shape index (κ3) is 4.14. The van der Waals surface area contributed by atoms with E-state index in [0.29, 0.717) is 6.42 Å². The van der Waals surface area contributed by atoms with Crippen LogP contribution in [0.3, 0.4) is 0 Å². The fourth-order valence-corrected chi connectivity index (χ4v) is 3.09. The molecule has 0 spiro atoms. The Morgan fingerprint density at radius 1 is 1.22 bits per heavy atom. The van der Waals surface area contributed by atoms with Crippen LogP contribution >= 0.6 is 11.8 Å². The van der Waals surface area contributed by atoms with Gasteiger partial charge in [-0.25, -0.2) is 0 Å². The van der Waals surface area contributed by atoms with Crippen LogP contribution in [0.1, 0.15) is 28.8 Å². The molecule has 0 saturated carbocycles. The van der Waals surface area contributed by atoms with Gasteiger partial charge in [-0.15, -0.1) is 0 Å². The number of aryl methyl sites for hydroxylation is 1. The Balaban J connectivity index is 1.82.